The van der Waals surface area contributed by atoms with Crippen molar-refractivity contribution in [2.24, 2.45) is 0 Å². The molecule has 0 N–H and O–H groups in total. The third-order valence-corrected chi connectivity index (χ3v) is 2.49. The average molecular weight is 243 g/mol. The molecule has 0 aliphatic carbocycles. The summed E-state index contributed by atoms with van der Waals surface area (Å²) < 4.78 is 0.881. The molecule has 0 fully saturated rings. The maximum Gasteiger partial charge on any atom is 0.233 e. The van der Waals surface area contributed by atoms with Gasteiger partial charge in [0.1, 0.15) is 0 Å². The number of pyridine rings is 1. The van der Waals surface area contributed by atoms with Crippen molar-refractivity contribution in [1.82, 2.24) is 0 Å². The summed E-state index contributed by atoms with van der Waals surface area (Å²) in [7, 11) is 0. The van der Waals surface area contributed by atoms with Crippen LogP contribution in [0.25, 0.3) is 10.6 Å². The molecule has 0 aliphatic rings. The molecule has 0 amide bonds. The van der Waals surface area contributed by atoms with Crippen LogP contribution >= 0.6 is 11.3 Å². The van der Waals surface area contributed by atoms with E-state index in [0.717, 1.165) is 9.61 Å². The van der Waals surface area contributed by atoms with Gasteiger partial charge >= 0.3 is 0 Å². The molecule has 2 aromatic heterocycles. The zero-order chi connectivity index (χ0) is 8.39. The summed E-state index contributed by atoms with van der Waals surface area (Å²) in [5.41, 5.74) is 0.715. The first kappa shape index (κ1) is 10.4. The molecule has 13 heavy (non-hydrogen) atoms. The molecule has 2 rings (SSSR count). The molecule has 2 heterocycles. The molecule has 2 nitrogen and oxygen atoms in total. The molecule has 0 atom stereocenters. The molecule has 0 radical (unpaired) electrons. The maximum absolute atomic E-state index is 11.2. The SMILES string of the molecule is [O-][n+]1ccccc1-c1cccs1.[Zn]. The molecular weight excluding hydrogens is 236 g/mol. The van der Waals surface area contributed by atoms with Gasteiger partial charge < -0.3 is 5.21 Å². The van der Waals surface area contributed by atoms with Crippen molar-refractivity contribution in [3.8, 4) is 10.6 Å². The predicted octanol–water partition coefficient (Wildman–Crippen LogP) is 2.05. The summed E-state index contributed by atoms with van der Waals surface area (Å²) in [6, 6.07) is 9.29. The molecule has 0 spiro atoms. The molecular formula is C9H7NOSZn. The number of aromatic nitrogens is 1. The van der Waals surface area contributed by atoms with E-state index in [1.807, 2.05) is 29.6 Å². The van der Waals surface area contributed by atoms with Crippen LogP contribution in [0.15, 0.2) is 41.9 Å². The Labute approximate surface area is 93.2 Å². The smallest absolute Gasteiger partial charge is 0.233 e. The number of nitrogens with zero attached hydrogens (tertiary/aromatic N) is 1. The van der Waals surface area contributed by atoms with Crippen molar-refractivity contribution in [2.75, 3.05) is 0 Å². The topological polar surface area (TPSA) is 26.9 Å². The fourth-order valence-corrected chi connectivity index (χ4v) is 1.78. The number of rotatable bonds is 1. The average Bonchev–Trinajstić information content (AvgIpc) is 2.57. The number of hydrogen-bond donors (Lipinski definition) is 0. The van der Waals surface area contributed by atoms with E-state index in [0.29, 0.717) is 5.69 Å². The summed E-state index contributed by atoms with van der Waals surface area (Å²) in [5, 5.41) is 13.2. The number of hydrogen-bond acceptors (Lipinski definition) is 2. The minimum atomic E-state index is 0. The monoisotopic (exact) mass is 241 g/mol. The quantitative estimate of drug-likeness (QED) is 0.427. The van der Waals surface area contributed by atoms with Gasteiger partial charge in [-0.05, 0) is 17.5 Å². The predicted molar refractivity (Wildman–Crippen MR) is 48.7 cm³/mol. The second-order valence-electron chi connectivity index (χ2n) is 2.39. The van der Waals surface area contributed by atoms with Crippen molar-refractivity contribution in [2.45, 2.75) is 0 Å². The van der Waals surface area contributed by atoms with Gasteiger partial charge in [0.2, 0.25) is 5.69 Å². The molecule has 0 saturated heterocycles. The van der Waals surface area contributed by atoms with Crippen LogP contribution in [0.2, 0.25) is 0 Å². The van der Waals surface area contributed by atoms with Crippen LogP contribution in [0.4, 0.5) is 0 Å². The second-order valence-corrected chi connectivity index (χ2v) is 3.34. The molecule has 0 bridgehead atoms. The zero-order valence-corrected chi connectivity index (χ0v) is 10.8. The maximum atomic E-state index is 11.2. The minimum absolute atomic E-state index is 0. The van der Waals surface area contributed by atoms with Gasteiger partial charge in [-0.25, -0.2) is 0 Å². The van der Waals surface area contributed by atoms with Crippen molar-refractivity contribution < 1.29 is 24.2 Å². The van der Waals surface area contributed by atoms with Crippen LogP contribution in [0.5, 0.6) is 0 Å². The molecule has 62 valence electrons. The van der Waals surface area contributed by atoms with E-state index in [1.165, 1.54) is 6.20 Å². The standard InChI is InChI=1S/C9H7NOS.Zn/c11-10-6-2-1-4-8(10)9-5-3-7-12-9;/h1-7H;. The van der Waals surface area contributed by atoms with E-state index >= 15 is 0 Å². The summed E-state index contributed by atoms with van der Waals surface area (Å²) in [5.74, 6) is 0. The van der Waals surface area contributed by atoms with Crippen molar-refractivity contribution in [3.63, 3.8) is 0 Å². The van der Waals surface area contributed by atoms with Crippen LogP contribution in [0.3, 0.4) is 0 Å². The van der Waals surface area contributed by atoms with E-state index in [1.54, 1.807) is 17.4 Å². The fourth-order valence-electron chi connectivity index (χ4n) is 1.04. The third-order valence-electron chi connectivity index (χ3n) is 1.60. The van der Waals surface area contributed by atoms with Crippen LogP contribution in [-0.4, -0.2) is 0 Å². The van der Waals surface area contributed by atoms with Crippen LogP contribution in [-0.2, 0) is 19.5 Å². The van der Waals surface area contributed by atoms with E-state index < -0.39 is 0 Å². The Hall–Kier alpha value is -0.727. The molecule has 2 aromatic rings. The van der Waals surface area contributed by atoms with Crippen molar-refractivity contribution in [3.05, 3.63) is 47.1 Å². The molecule has 0 saturated carbocycles. The molecule has 4 heteroatoms. The molecule has 0 aromatic carbocycles. The first-order valence-corrected chi connectivity index (χ1v) is 4.48. The van der Waals surface area contributed by atoms with E-state index in [4.69, 9.17) is 0 Å². The minimum Gasteiger partial charge on any atom is -0.618 e. The van der Waals surface area contributed by atoms with Crippen molar-refractivity contribution >= 4 is 11.3 Å². The molecule has 0 aliphatic heterocycles. The Morgan fingerprint density at radius 1 is 1.15 bits per heavy atom. The number of thiophene rings is 1. The summed E-state index contributed by atoms with van der Waals surface area (Å²) in [4.78, 5) is 1.01. The van der Waals surface area contributed by atoms with E-state index in [-0.39, 0.29) is 19.5 Å². The Balaban J connectivity index is 0.000000845. The summed E-state index contributed by atoms with van der Waals surface area (Å²) >= 11 is 1.57. The van der Waals surface area contributed by atoms with Gasteiger partial charge in [0.05, 0.1) is 4.88 Å². The van der Waals surface area contributed by atoms with E-state index in [2.05, 4.69) is 0 Å². The largest absolute Gasteiger partial charge is 0.618 e. The zero-order valence-electron chi connectivity index (χ0n) is 7.01. The van der Waals surface area contributed by atoms with Gasteiger partial charge in [0.25, 0.3) is 0 Å². The van der Waals surface area contributed by atoms with Gasteiger partial charge in [0.15, 0.2) is 6.20 Å². The third kappa shape index (κ3) is 2.14. The molecule has 0 unspecified atom stereocenters. The van der Waals surface area contributed by atoms with Gasteiger partial charge in [-0.2, -0.15) is 4.73 Å². The summed E-state index contributed by atoms with van der Waals surface area (Å²) in [6.07, 6.45) is 1.51. The Morgan fingerprint density at radius 2 is 2.00 bits per heavy atom. The van der Waals surface area contributed by atoms with Gasteiger partial charge in [-0.15, -0.1) is 11.3 Å². The van der Waals surface area contributed by atoms with Gasteiger partial charge in [0, 0.05) is 31.6 Å². The van der Waals surface area contributed by atoms with Crippen LogP contribution in [0, 0.1) is 5.21 Å². The van der Waals surface area contributed by atoms with Gasteiger partial charge in [-0.3, -0.25) is 0 Å². The second kappa shape index (κ2) is 4.49. The van der Waals surface area contributed by atoms with E-state index in [9.17, 15) is 5.21 Å². The fraction of sp³-hybridized carbons (Fsp3) is 0. The normalized spacial score (nSPS) is 9.23. The van der Waals surface area contributed by atoms with Gasteiger partial charge in [-0.1, -0.05) is 6.07 Å². The van der Waals surface area contributed by atoms with Crippen LogP contribution in [0.1, 0.15) is 0 Å². The first-order valence-electron chi connectivity index (χ1n) is 3.60. The Morgan fingerprint density at radius 3 is 2.62 bits per heavy atom. The Bertz CT molecular complexity index is 375. The van der Waals surface area contributed by atoms with Crippen LogP contribution < -0.4 is 4.73 Å². The first-order chi connectivity index (χ1) is 5.88. The Kier molecular flexibility index (Phi) is 3.58. The van der Waals surface area contributed by atoms with Crippen molar-refractivity contribution in [1.29, 1.82) is 0 Å². The summed E-state index contributed by atoms with van der Waals surface area (Å²) in [6.45, 7) is 0.